The van der Waals surface area contributed by atoms with Crippen molar-refractivity contribution in [3.8, 4) is 0 Å². The van der Waals surface area contributed by atoms with Crippen molar-refractivity contribution in [3.63, 3.8) is 0 Å². The first kappa shape index (κ1) is 12.7. The summed E-state index contributed by atoms with van der Waals surface area (Å²) in [6.45, 7) is 4.43. The van der Waals surface area contributed by atoms with Gasteiger partial charge in [0.1, 0.15) is 6.10 Å². The van der Waals surface area contributed by atoms with Crippen LogP contribution in [0, 0.1) is 5.92 Å². The molecule has 1 rings (SSSR count). The zero-order chi connectivity index (χ0) is 12.0. The van der Waals surface area contributed by atoms with Gasteiger partial charge in [0.05, 0.1) is 0 Å². The van der Waals surface area contributed by atoms with E-state index in [0.29, 0.717) is 18.9 Å². The molecule has 0 aliphatic heterocycles. The van der Waals surface area contributed by atoms with E-state index in [0.717, 1.165) is 5.56 Å². The standard InChI is InChI=1S/C13H19NO2/c1-10(2)8-12(15)13(16)14-9-11-6-4-3-5-7-11/h3-7,10,12,15H,8-9H2,1-2H3,(H,14,16)/t12-/m0/s1. The second-order valence-electron chi connectivity index (χ2n) is 4.35. The molecule has 0 bridgehead atoms. The number of aliphatic hydroxyl groups is 1. The quantitative estimate of drug-likeness (QED) is 0.795. The van der Waals surface area contributed by atoms with Gasteiger partial charge in [-0.15, -0.1) is 0 Å². The Morgan fingerprint density at radius 2 is 1.94 bits per heavy atom. The Morgan fingerprint density at radius 3 is 2.50 bits per heavy atom. The highest BCUT2D eigenvalue weighted by Crippen LogP contribution is 2.05. The number of carbonyl (C=O) groups excluding carboxylic acids is 1. The maximum absolute atomic E-state index is 11.5. The number of hydrogen-bond donors (Lipinski definition) is 2. The van der Waals surface area contributed by atoms with E-state index in [1.165, 1.54) is 0 Å². The normalized spacial score (nSPS) is 12.5. The molecule has 0 saturated carbocycles. The Hall–Kier alpha value is -1.35. The van der Waals surface area contributed by atoms with Crippen LogP contribution in [-0.2, 0) is 11.3 Å². The smallest absolute Gasteiger partial charge is 0.249 e. The first-order chi connectivity index (χ1) is 7.59. The molecule has 1 amide bonds. The van der Waals surface area contributed by atoms with Gasteiger partial charge >= 0.3 is 0 Å². The minimum atomic E-state index is -0.899. The maximum Gasteiger partial charge on any atom is 0.249 e. The van der Waals surface area contributed by atoms with Gasteiger partial charge in [-0.1, -0.05) is 44.2 Å². The van der Waals surface area contributed by atoms with Crippen molar-refractivity contribution in [1.29, 1.82) is 0 Å². The van der Waals surface area contributed by atoms with Gasteiger partial charge < -0.3 is 10.4 Å². The summed E-state index contributed by atoms with van der Waals surface area (Å²) in [6.07, 6.45) is -0.399. The predicted molar refractivity (Wildman–Crippen MR) is 63.8 cm³/mol. The van der Waals surface area contributed by atoms with Gasteiger partial charge in [0.2, 0.25) is 5.91 Å². The van der Waals surface area contributed by atoms with Crippen LogP contribution in [0.5, 0.6) is 0 Å². The topological polar surface area (TPSA) is 49.3 Å². The third kappa shape index (κ3) is 4.45. The van der Waals surface area contributed by atoms with Crippen LogP contribution >= 0.6 is 0 Å². The van der Waals surface area contributed by atoms with Crippen LogP contribution < -0.4 is 5.32 Å². The number of rotatable bonds is 5. The monoisotopic (exact) mass is 221 g/mol. The van der Waals surface area contributed by atoms with Crippen LogP contribution in [0.1, 0.15) is 25.8 Å². The third-order valence-electron chi connectivity index (χ3n) is 2.31. The average Bonchev–Trinajstić information content (AvgIpc) is 2.26. The molecule has 0 radical (unpaired) electrons. The summed E-state index contributed by atoms with van der Waals surface area (Å²) in [7, 11) is 0. The molecule has 0 spiro atoms. The SMILES string of the molecule is CC(C)C[C@H](O)C(=O)NCc1ccccc1. The zero-order valence-electron chi connectivity index (χ0n) is 9.81. The molecule has 88 valence electrons. The maximum atomic E-state index is 11.5. The highest BCUT2D eigenvalue weighted by molar-refractivity contribution is 5.80. The molecule has 1 aromatic rings. The van der Waals surface area contributed by atoms with Crippen LogP contribution in [0.2, 0.25) is 0 Å². The van der Waals surface area contributed by atoms with Crippen molar-refractivity contribution < 1.29 is 9.90 Å². The van der Waals surface area contributed by atoms with Crippen molar-refractivity contribution in [2.45, 2.75) is 32.9 Å². The van der Waals surface area contributed by atoms with Gasteiger partial charge in [0.25, 0.3) is 0 Å². The van der Waals surface area contributed by atoms with E-state index in [-0.39, 0.29) is 5.91 Å². The van der Waals surface area contributed by atoms with Crippen molar-refractivity contribution in [3.05, 3.63) is 35.9 Å². The molecule has 0 aliphatic rings. The second-order valence-corrected chi connectivity index (χ2v) is 4.35. The zero-order valence-corrected chi connectivity index (χ0v) is 9.81. The molecule has 1 atom stereocenters. The Balaban J connectivity index is 2.35. The highest BCUT2D eigenvalue weighted by atomic mass is 16.3. The molecule has 2 N–H and O–H groups in total. The summed E-state index contributed by atoms with van der Waals surface area (Å²) in [5.74, 6) is 0.0232. The van der Waals surface area contributed by atoms with E-state index in [1.807, 2.05) is 44.2 Å². The molecule has 0 fully saturated rings. The molecular formula is C13H19NO2. The number of aliphatic hydroxyl groups excluding tert-OH is 1. The molecular weight excluding hydrogens is 202 g/mol. The van der Waals surface area contributed by atoms with E-state index in [4.69, 9.17) is 0 Å². The molecule has 1 aromatic carbocycles. The lowest BCUT2D eigenvalue weighted by Gasteiger charge is -2.13. The van der Waals surface area contributed by atoms with E-state index < -0.39 is 6.10 Å². The average molecular weight is 221 g/mol. The summed E-state index contributed by atoms with van der Waals surface area (Å²) < 4.78 is 0. The Morgan fingerprint density at radius 1 is 1.31 bits per heavy atom. The van der Waals surface area contributed by atoms with Gasteiger partial charge in [0, 0.05) is 6.54 Å². The fraction of sp³-hybridized carbons (Fsp3) is 0.462. The summed E-state index contributed by atoms with van der Waals surface area (Å²) in [6, 6.07) is 9.65. The van der Waals surface area contributed by atoms with Gasteiger partial charge in [0.15, 0.2) is 0 Å². The van der Waals surface area contributed by atoms with Gasteiger partial charge in [-0.2, -0.15) is 0 Å². The largest absolute Gasteiger partial charge is 0.383 e. The van der Waals surface area contributed by atoms with Gasteiger partial charge in [-0.25, -0.2) is 0 Å². The molecule has 0 saturated heterocycles. The number of hydrogen-bond acceptors (Lipinski definition) is 2. The van der Waals surface area contributed by atoms with Crippen LogP contribution in [0.25, 0.3) is 0 Å². The summed E-state index contributed by atoms with van der Waals surface area (Å²) in [4.78, 5) is 11.5. The van der Waals surface area contributed by atoms with Crippen LogP contribution in [0.3, 0.4) is 0 Å². The van der Waals surface area contributed by atoms with Crippen LogP contribution in [0.15, 0.2) is 30.3 Å². The molecule has 0 unspecified atom stereocenters. The fourth-order valence-corrected chi connectivity index (χ4v) is 1.46. The van der Waals surface area contributed by atoms with Crippen molar-refractivity contribution in [2.24, 2.45) is 5.92 Å². The van der Waals surface area contributed by atoms with E-state index >= 15 is 0 Å². The fourth-order valence-electron chi connectivity index (χ4n) is 1.46. The lowest BCUT2D eigenvalue weighted by atomic mass is 10.1. The summed E-state index contributed by atoms with van der Waals surface area (Å²) >= 11 is 0. The third-order valence-corrected chi connectivity index (χ3v) is 2.31. The molecule has 16 heavy (non-hydrogen) atoms. The summed E-state index contributed by atoms with van der Waals surface area (Å²) in [5.41, 5.74) is 1.03. The molecule has 0 heterocycles. The Bertz CT molecular complexity index is 322. The number of amides is 1. The molecule has 3 nitrogen and oxygen atoms in total. The molecule has 3 heteroatoms. The number of benzene rings is 1. The summed E-state index contributed by atoms with van der Waals surface area (Å²) in [5, 5.41) is 12.3. The van der Waals surface area contributed by atoms with Crippen LogP contribution in [0.4, 0.5) is 0 Å². The van der Waals surface area contributed by atoms with Crippen molar-refractivity contribution in [2.75, 3.05) is 0 Å². The molecule has 0 aliphatic carbocycles. The minimum Gasteiger partial charge on any atom is -0.383 e. The number of carbonyl (C=O) groups is 1. The molecule has 0 aromatic heterocycles. The van der Waals surface area contributed by atoms with E-state index in [9.17, 15) is 9.90 Å². The first-order valence-electron chi connectivity index (χ1n) is 5.59. The second kappa shape index (κ2) is 6.28. The lowest BCUT2D eigenvalue weighted by molar-refractivity contribution is -0.130. The highest BCUT2D eigenvalue weighted by Gasteiger charge is 2.15. The lowest BCUT2D eigenvalue weighted by Crippen LogP contribution is -2.34. The van der Waals surface area contributed by atoms with E-state index in [1.54, 1.807) is 0 Å². The predicted octanol–water partition coefficient (Wildman–Crippen LogP) is 1.71. The van der Waals surface area contributed by atoms with E-state index in [2.05, 4.69) is 5.32 Å². The van der Waals surface area contributed by atoms with Gasteiger partial charge in [-0.3, -0.25) is 4.79 Å². The van der Waals surface area contributed by atoms with Crippen LogP contribution in [-0.4, -0.2) is 17.1 Å². The first-order valence-corrected chi connectivity index (χ1v) is 5.59. The Labute approximate surface area is 96.5 Å². The minimum absolute atomic E-state index is 0.294. The van der Waals surface area contributed by atoms with Crippen molar-refractivity contribution >= 4 is 5.91 Å². The van der Waals surface area contributed by atoms with Gasteiger partial charge in [-0.05, 0) is 17.9 Å². The Kier molecular flexibility index (Phi) is 4.99. The number of nitrogens with one attached hydrogen (secondary N) is 1. The van der Waals surface area contributed by atoms with Crippen molar-refractivity contribution in [1.82, 2.24) is 5.32 Å².